The normalized spacial score (nSPS) is 21.0. The van der Waals surface area contributed by atoms with E-state index in [1.54, 1.807) is 24.0 Å². The molecule has 38 heavy (non-hydrogen) atoms. The van der Waals surface area contributed by atoms with E-state index >= 15 is 0 Å². The van der Waals surface area contributed by atoms with Crippen LogP contribution < -0.4 is 14.2 Å². The third-order valence-corrected chi connectivity index (χ3v) is 8.14. The Hall–Kier alpha value is -3.73. The highest BCUT2D eigenvalue weighted by Crippen LogP contribution is 2.67. The highest BCUT2D eigenvalue weighted by atomic mass is 79.9. The Labute approximate surface area is 226 Å². The van der Waals surface area contributed by atoms with Crippen molar-refractivity contribution < 1.29 is 33.3 Å². The molecular weight excluding hydrogens is 558 g/mol. The Bertz CT molecular complexity index is 1570. The number of rotatable bonds is 7. The average molecular weight is 584 g/mol. The lowest BCUT2D eigenvalue weighted by Gasteiger charge is -2.28. The van der Waals surface area contributed by atoms with Crippen LogP contribution in [0.5, 0.6) is 17.2 Å². The molecule has 3 heterocycles. The smallest absolute Gasteiger partial charge is 0.340 e. The van der Waals surface area contributed by atoms with Crippen molar-refractivity contribution >= 4 is 44.5 Å². The van der Waals surface area contributed by atoms with Crippen molar-refractivity contribution in [1.29, 1.82) is 0 Å². The standard InChI is InChI=1S/C27H26BrN3O7/c1-12-19(26(34)38-6-5-28)20-22(29-12)16(32)9-18-27(20)10-14(27)11-31(18)25(33)15-7-13-8-17(35-2)23(36-3)24(37-4)21(13)30-15/h7-9,14,29-30H,5-6,10-11H2,1-4H3/t14-,27+/m1/s1. The van der Waals surface area contributed by atoms with Gasteiger partial charge in [-0.15, -0.1) is 0 Å². The molecule has 1 aliphatic heterocycles. The van der Waals surface area contributed by atoms with Crippen molar-refractivity contribution in [3.8, 4) is 17.2 Å². The molecule has 2 aromatic heterocycles. The van der Waals surface area contributed by atoms with Crippen molar-refractivity contribution in [2.75, 3.05) is 39.8 Å². The second-order valence-corrected chi connectivity index (χ2v) is 10.5. The number of aromatic nitrogens is 2. The highest BCUT2D eigenvalue weighted by Gasteiger charge is 2.69. The number of hydrogen-bond acceptors (Lipinski definition) is 7. The molecule has 1 aromatic carbocycles. The van der Waals surface area contributed by atoms with E-state index in [-0.39, 0.29) is 24.2 Å². The average Bonchev–Trinajstić information content (AvgIpc) is 3.19. The molecule has 1 saturated carbocycles. The number of amides is 1. The molecule has 198 valence electrons. The van der Waals surface area contributed by atoms with Gasteiger partial charge in [-0.05, 0) is 31.4 Å². The van der Waals surface area contributed by atoms with Gasteiger partial charge in [0.05, 0.1) is 38.1 Å². The summed E-state index contributed by atoms with van der Waals surface area (Å²) >= 11 is 3.27. The van der Waals surface area contributed by atoms with Crippen molar-refractivity contribution in [3.63, 3.8) is 0 Å². The first kappa shape index (κ1) is 24.6. The molecule has 11 heteroatoms. The minimum absolute atomic E-state index is 0.0987. The van der Waals surface area contributed by atoms with Crippen LogP contribution in [0.15, 0.2) is 23.9 Å². The Kier molecular flexibility index (Phi) is 5.60. The molecule has 2 atom stereocenters. The number of nitrogens with one attached hydrogen (secondary N) is 2. The predicted octanol–water partition coefficient (Wildman–Crippen LogP) is 3.88. The van der Waals surface area contributed by atoms with Crippen molar-refractivity contribution in [2.45, 2.75) is 18.8 Å². The third kappa shape index (κ3) is 3.20. The van der Waals surface area contributed by atoms with Gasteiger partial charge in [0.2, 0.25) is 11.5 Å². The number of H-pyrrole nitrogens is 2. The predicted molar refractivity (Wildman–Crippen MR) is 141 cm³/mol. The van der Waals surface area contributed by atoms with Crippen LogP contribution in [-0.2, 0) is 10.2 Å². The number of alkyl halides is 1. The SMILES string of the molecule is COc1cc2cc(C(=O)N3C[C@H]4C[C@@]45C3=CC(=O)c3[nH]c(C)c(C(=O)OCCBr)c35)[nH]c2c(OC)c1OC. The first-order valence-electron chi connectivity index (χ1n) is 12.2. The van der Waals surface area contributed by atoms with Gasteiger partial charge < -0.3 is 33.8 Å². The number of nitrogens with zero attached hydrogens (tertiary/aromatic N) is 1. The molecule has 1 amide bonds. The second kappa shape index (κ2) is 8.65. The van der Waals surface area contributed by atoms with Crippen molar-refractivity contribution in [2.24, 2.45) is 5.92 Å². The van der Waals surface area contributed by atoms with Gasteiger partial charge >= 0.3 is 5.97 Å². The number of allylic oxidation sites excluding steroid dienone is 2. The fourth-order valence-electron chi connectivity index (χ4n) is 6.17. The number of piperidine rings is 1. The zero-order valence-corrected chi connectivity index (χ0v) is 22.9. The Morgan fingerprint density at radius 3 is 2.58 bits per heavy atom. The molecule has 0 radical (unpaired) electrons. The van der Waals surface area contributed by atoms with Crippen LogP contribution in [0, 0.1) is 12.8 Å². The molecular formula is C27H26BrN3O7. The van der Waals surface area contributed by atoms with Gasteiger partial charge in [0.1, 0.15) is 12.3 Å². The maximum Gasteiger partial charge on any atom is 0.340 e. The number of aryl methyl sites for hydroxylation is 1. The van der Waals surface area contributed by atoms with Gasteiger partial charge in [-0.2, -0.15) is 0 Å². The van der Waals surface area contributed by atoms with Crippen LogP contribution in [-0.4, -0.2) is 72.3 Å². The second-order valence-electron chi connectivity index (χ2n) is 9.67. The van der Waals surface area contributed by atoms with Crippen LogP contribution in [0.1, 0.15) is 49.0 Å². The monoisotopic (exact) mass is 583 g/mol. The van der Waals surface area contributed by atoms with Crippen molar-refractivity contribution in [1.82, 2.24) is 14.9 Å². The van der Waals surface area contributed by atoms with Crippen molar-refractivity contribution in [3.05, 3.63) is 52.1 Å². The number of likely N-dealkylation sites (tertiary alicyclic amines) is 1. The van der Waals surface area contributed by atoms with E-state index in [9.17, 15) is 14.4 Å². The number of ketones is 1. The van der Waals surface area contributed by atoms with E-state index < -0.39 is 11.4 Å². The van der Waals surface area contributed by atoms with E-state index in [0.717, 1.165) is 11.8 Å². The fourth-order valence-corrected chi connectivity index (χ4v) is 6.33. The summed E-state index contributed by atoms with van der Waals surface area (Å²) < 4.78 is 21.9. The van der Waals surface area contributed by atoms with Gasteiger partial charge in [0.25, 0.3) is 5.91 Å². The van der Waals surface area contributed by atoms with Gasteiger partial charge in [0, 0.05) is 45.7 Å². The number of benzene rings is 1. The van der Waals surface area contributed by atoms with E-state index in [1.807, 2.05) is 0 Å². The number of halogens is 1. The summed E-state index contributed by atoms with van der Waals surface area (Å²) in [5.74, 6) is 0.414. The maximum absolute atomic E-state index is 13.9. The quantitative estimate of drug-likeness (QED) is 0.319. The van der Waals surface area contributed by atoms with Crippen LogP contribution in [0.25, 0.3) is 10.9 Å². The molecule has 2 N–H and O–H groups in total. The summed E-state index contributed by atoms with van der Waals surface area (Å²) in [6.45, 7) is 2.42. The lowest BCUT2D eigenvalue weighted by Crippen LogP contribution is -2.34. The van der Waals surface area contributed by atoms with Gasteiger partial charge in [0.15, 0.2) is 11.5 Å². The van der Waals surface area contributed by atoms with Crippen LogP contribution in [0.2, 0.25) is 0 Å². The summed E-state index contributed by atoms with van der Waals surface area (Å²) in [7, 11) is 4.57. The molecule has 2 fully saturated rings. The van der Waals surface area contributed by atoms with Gasteiger partial charge in [-0.3, -0.25) is 9.59 Å². The molecule has 3 aromatic rings. The molecule has 10 nitrogen and oxygen atoms in total. The number of hydrogen-bond donors (Lipinski definition) is 2. The summed E-state index contributed by atoms with van der Waals surface area (Å²) in [6, 6.07) is 3.51. The zero-order valence-electron chi connectivity index (χ0n) is 21.3. The van der Waals surface area contributed by atoms with Gasteiger partial charge in [-0.1, -0.05) is 15.9 Å². The first-order valence-corrected chi connectivity index (χ1v) is 13.3. The largest absolute Gasteiger partial charge is 0.493 e. The molecule has 0 unspecified atom stereocenters. The van der Waals surface area contributed by atoms with E-state index in [0.29, 0.717) is 68.5 Å². The number of methoxy groups -OCH3 is 3. The van der Waals surface area contributed by atoms with E-state index in [4.69, 9.17) is 18.9 Å². The molecule has 2 aliphatic carbocycles. The molecule has 6 rings (SSSR count). The number of ether oxygens (including phenoxy) is 4. The maximum atomic E-state index is 13.9. The summed E-state index contributed by atoms with van der Waals surface area (Å²) in [4.78, 5) is 48.0. The topological polar surface area (TPSA) is 123 Å². The lowest BCUT2D eigenvalue weighted by molar-refractivity contribution is 0.0528. The van der Waals surface area contributed by atoms with Crippen LogP contribution in [0.4, 0.5) is 0 Å². The zero-order chi connectivity index (χ0) is 26.9. The lowest BCUT2D eigenvalue weighted by atomic mass is 9.82. The minimum atomic E-state index is -0.567. The van der Waals surface area contributed by atoms with Crippen LogP contribution >= 0.6 is 15.9 Å². The number of fused-ring (bicyclic) bond motifs is 2. The Balaban J connectivity index is 1.40. The minimum Gasteiger partial charge on any atom is -0.493 e. The molecule has 0 bridgehead atoms. The summed E-state index contributed by atoms with van der Waals surface area (Å²) in [5.41, 5.74) is 3.04. The fraction of sp³-hybridized carbons (Fsp3) is 0.370. The third-order valence-electron chi connectivity index (χ3n) is 7.81. The van der Waals surface area contributed by atoms with Gasteiger partial charge in [-0.25, -0.2) is 4.79 Å². The molecule has 1 saturated heterocycles. The number of aromatic amines is 2. The first-order chi connectivity index (χ1) is 18.3. The summed E-state index contributed by atoms with van der Waals surface area (Å²) in [6.07, 6.45) is 2.29. The summed E-state index contributed by atoms with van der Waals surface area (Å²) in [5, 5.41) is 1.23. The molecule has 3 aliphatic rings. The molecule has 1 spiro atoms. The number of carbonyl (C=O) groups excluding carboxylic acids is 3. The van der Waals surface area contributed by atoms with E-state index in [2.05, 4.69) is 25.9 Å². The Morgan fingerprint density at radius 2 is 1.89 bits per heavy atom. The number of carbonyl (C=O) groups is 3. The highest BCUT2D eigenvalue weighted by molar-refractivity contribution is 9.09. The Morgan fingerprint density at radius 1 is 1.13 bits per heavy atom. The van der Waals surface area contributed by atoms with E-state index in [1.165, 1.54) is 27.4 Å². The van der Waals surface area contributed by atoms with Crippen LogP contribution in [0.3, 0.4) is 0 Å². The number of esters is 1.